The van der Waals surface area contributed by atoms with E-state index in [1.54, 1.807) is 30.3 Å². The highest BCUT2D eigenvalue weighted by Gasteiger charge is 2.16. The predicted molar refractivity (Wildman–Crippen MR) is 95.9 cm³/mol. The molecule has 0 heterocycles. The largest absolute Gasteiger partial charge is 0.496 e. The molecule has 124 valence electrons. The number of nitro benzene ring substituents is 1. The van der Waals surface area contributed by atoms with Crippen molar-refractivity contribution in [3.8, 4) is 5.75 Å². The molecule has 0 spiro atoms. The Hall–Kier alpha value is -3.00. The van der Waals surface area contributed by atoms with E-state index in [4.69, 9.17) is 17.0 Å². The summed E-state index contributed by atoms with van der Waals surface area (Å²) in [4.78, 5) is 22.0. The van der Waals surface area contributed by atoms with Crippen molar-refractivity contribution in [1.29, 1.82) is 0 Å². The van der Waals surface area contributed by atoms with Crippen molar-refractivity contribution in [2.45, 2.75) is 6.92 Å². The second-order valence-electron chi connectivity index (χ2n) is 4.86. The van der Waals surface area contributed by atoms with Crippen molar-refractivity contribution in [3.05, 3.63) is 58.1 Å². The molecule has 0 aliphatic heterocycles. The predicted octanol–water partition coefficient (Wildman–Crippen LogP) is 3.61. The molecule has 0 amide bonds. The number of anilines is 2. The van der Waals surface area contributed by atoms with Gasteiger partial charge in [-0.1, -0.05) is 12.1 Å². The maximum absolute atomic E-state index is 11.4. The summed E-state index contributed by atoms with van der Waals surface area (Å²) >= 11 is 5.17. The molecule has 0 unspecified atom stereocenters. The summed E-state index contributed by atoms with van der Waals surface area (Å²) in [5.41, 5.74) is 1.23. The molecule has 2 N–H and O–H groups in total. The van der Waals surface area contributed by atoms with Crippen molar-refractivity contribution in [1.82, 2.24) is 0 Å². The van der Waals surface area contributed by atoms with E-state index in [9.17, 15) is 14.9 Å². The van der Waals surface area contributed by atoms with E-state index in [1.165, 1.54) is 26.2 Å². The molecule has 0 aliphatic rings. The van der Waals surface area contributed by atoms with E-state index in [0.29, 0.717) is 17.0 Å². The highest BCUT2D eigenvalue weighted by molar-refractivity contribution is 7.80. The van der Waals surface area contributed by atoms with Crippen molar-refractivity contribution in [2.75, 3.05) is 17.7 Å². The summed E-state index contributed by atoms with van der Waals surface area (Å²) in [6.07, 6.45) is 0. The zero-order valence-corrected chi connectivity index (χ0v) is 13.8. The number of hydrogen-bond acceptors (Lipinski definition) is 5. The van der Waals surface area contributed by atoms with Crippen LogP contribution in [0.5, 0.6) is 5.75 Å². The Morgan fingerprint density at radius 1 is 1.21 bits per heavy atom. The number of carbonyl (C=O) groups excluding carboxylic acids is 1. The van der Waals surface area contributed by atoms with Crippen LogP contribution in [0, 0.1) is 10.1 Å². The third-order valence-corrected chi connectivity index (χ3v) is 3.38. The topological polar surface area (TPSA) is 93.5 Å². The van der Waals surface area contributed by atoms with Gasteiger partial charge in [0.1, 0.15) is 11.4 Å². The van der Waals surface area contributed by atoms with E-state index >= 15 is 0 Å². The minimum Gasteiger partial charge on any atom is -0.496 e. The van der Waals surface area contributed by atoms with Gasteiger partial charge in [-0.25, -0.2) is 0 Å². The quantitative estimate of drug-likeness (QED) is 0.370. The first-order valence-electron chi connectivity index (χ1n) is 6.92. The Labute approximate surface area is 143 Å². The van der Waals surface area contributed by atoms with Gasteiger partial charge in [0.15, 0.2) is 10.9 Å². The fourth-order valence-corrected chi connectivity index (χ4v) is 2.22. The number of thiocarbonyl (C=S) groups is 1. The summed E-state index contributed by atoms with van der Waals surface area (Å²) in [6, 6.07) is 11.2. The molecule has 7 nitrogen and oxygen atoms in total. The van der Waals surface area contributed by atoms with Gasteiger partial charge in [0, 0.05) is 11.3 Å². The van der Waals surface area contributed by atoms with Crippen LogP contribution < -0.4 is 15.4 Å². The molecule has 0 atom stereocenters. The van der Waals surface area contributed by atoms with Gasteiger partial charge in [0.2, 0.25) is 0 Å². The van der Waals surface area contributed by atoms with E-state index in [1.807, 2.05) is 0 Å². The highest BCUT2D eigenvalue weighted by Crippen LogP contribution is 2.29. The van der Waals surface area contributed by atoms with E-state index in [0.717, 1.165) is 0 Å². The third kappa shape index (κ3) is 4.26. The molecule has 0 aliphatic carbocycles. The van der Waals surface area contributed by atoms with Crippen molar-refractivity contribution < 1.29 is 14.5 Å². The number of ketones is 1. The molecule has 8 heteroatoms. The summed E-state index contributed by atoms with van der Waals surface area (Å²) < 4.78 is 4.98. The van der Waals surface area contributed by atoms with Crippen LogP contribution in [-0.4, -0.2) is 22.9 Å². The molecule has 2 aromatic carbocycles. The number of methoxy groups -OCH3 is 1. The van der Waals surface area contributed by atoms with Crippen LogP contribution in [0.3, 0.4) is 0 Å². The molecule has 0 bridgehead atoms. The molecule has 0 saturated carbocycles. The number of ether oxygens (including phenoxy) is 1. The summed E-state index contributed by atoms with van der Waals surface area (Å²) in [5, 5.41) is 17.0. The highest BCUT2D eigenvalue weighted by atomic mass is 32.1. The van der Waals surface area contributed by atoms with Gasteiger partial charge < -0.3 is 15.4 Å². The summed E-state index contributed by atoms with van der Waals surface area (Å²) in [6.45, 7) is 1.47. The number of rotatable bonds is 5. The Bertz CT molecular complexity index is 808. The first-order valence-corrected chi connectivity index (χ1v) is 7.33. The van der Waals surface area contributed by atoms with Crippen LogP contribution in [0.4, 0.5) is 17.1 Å². The van der Waals surface area contributed by atoms with E-state index < -0.39 is 4.92 Å². The number of Topliss-reactive ketones (excluding diaryl/α,β-unsaturated/α-hetero) is 1. The van der Waals surface area contributed by atoms with E-state index in [2.05, 4.69) is 10.6 Å². The number of hydrogen-bond donors (Lipinski definition) is 2. The lowest BCUT2D eigenvalue weighted by molar-refractivity contribution is -0.384. The second kappa shape index (κ2) is 7.51. The Morgan fingerprint density at radius 3 is 2.58 bits per heavy atom. The Kier molecular flexibility index (Phi) is 5.43. The molecular weight excluding hydrogens is 330 g/mol. The van der Waals surface area contributed by atoms with Crippen LogP contribution in [0.1, 0.15) is 17.3 Å². The maximum atomic E-state index is 11.4. The van der Waals surface area contributed by atoms with Crippen molar-refractivity contribution >= 4 is 40.2 Å². The smallest absolute Gasteiger partial charge is 0.296 e. The normalized spacial score (nSPS) is 9.92. The standard InChI is InChI=1S/C16H15N3O4S/c1-10(20)11-4-3-5-12(8-11)17-16(24)18-14-7-6-13(23-2)9-15(14)19(21)22/h3-9H,1-2H3,(H2,17,18,24). The van der Waals surface area contributed by atoms with Gasteiger partial charge >= 0.3 is 0 Å². The molecular formula is C16H15N3O4S. The molecule has 24 heavy (non-hydrogen) atoms. The minimum atomic E-state index is -0.524. The second-order valence-corrected chi connectivity index (χ2v) is 5.26. The lowest BCUT2D eigenvalue weighted by atomic mass is 10.1. The fourth-order valence-electron chi connectivity index (χ4n) is 2.00. The minimum absolute atomic E-state index is 0.0664. The van der Waals surface area contributed by atoms with Crippen molar-refractivity contribution in [2.24, 2.45) is 0 Å². The molecule has 0 saturated heterocycles. The summed E-state index contributed by atoms with van der Waals surface area (Å²) in [7, 11) is 1.43. The average Bonchev–Trinajstić information content (AvgIpc) is 2.55. The van der Waals surface area contributed by atoms with Crippen LogP contribution in [0.2, 0.25) is 0 Å². The summed E-state index contributed by atoms with van der Waals surface area (Å²) in [5.74, 6) is 0.309. The number of nitro groups is 1. The molecule has 0 aromatic heterocycles. The molecule has 0 fully saturated rings. The first-order chi connectivity index (χ1) is 11.4. The lowest BCUT2D eigenvalue weighted by Crippen LogP contribution is -2.20. The molecule has 2 rings (SSSR count). The van der Waals surface area contributed by atoms with E-state index in [-0.39, 0.29) is 22.3 Å². The maximum Gasteiger partial charge on any atom is 0.296 e. The molecule has 2 aromatic rings. The van der Waals surface area contributed by atoms with Gasteiger partial charge in [-0.15, -0.1) is 0 Å². The van der Waals surface area contributed by atoms with Gasteiger partial charge in [-0.2, -0.15) is 0 Å². The Morgan fingerprint density at radius 2 is 1.96 bits per heavy atom. The van der Waals surface area contributed by atoms with Gasteiger partial charge in [0.25, 0.3) is 5.69 Å². The van der Waals surface area contributed by atoms with Crippen molar-refractivity contribution in [3.63, 3.8) is 0 Å². The average molecular weight is 345 g/mol. The SMILES string of the molecule is COc1ccc(NC(=S)Nc2cccc(C(C)=O)c2)c([N+](=O)[O-])c1. The number of carbonyl (C=O) groups is 1. The number of nitrogens with one attached hydrogen (secondary N) is 2. The zero-order valence-electron chi connectivity index (χ0n) is 13.0. The third-order valence-electron chi connectivity index (χ3n) is 3.18. The molecule has 0 radical (unpaired) electrons. The lowest BCUT2D eigenvalue weighted by Gasteiger charge is -2.12. The van der Waals surface area contributed by atoms with Crippen LogP contribution in [0.15, 0.2) is 42.5 Å². The first kappa shape index (κ1) is 17.4. The van der Waals surface area contributed by atoms with Crippen LogP contribution in [0.25, 0.3) is 0 Å². The zero-order chi connectivity index (χ0) is 17.7. The van der Waals surface area contributed by atoms with Gasteiger partial charge in [-0.05, 0) is 43.4 Å². The van der Waals surface area contributed by atoms with Gasteiger partial charge in [-0.3, -0.25) is 14.9 Å². The van der Waals surface area contributed by atoms with Crippen LogP contribution in [-0.2, 0) is 0 Å². The number of nitrogens with zero attached hydrogens (tertiary/aromatic N) is 1. The monoisotopic (exact) mass is 345 g/mol. The van der Waals surface area contributed by atoms with Gasteiger partial charge in [0.05, 0.1) is 18.1 Å². The fraction of sp³-hybridized carbons (Fsp3) is 0.125. The number of benzene rings is 2. The van der Waals surface area contributed by atoms with Crippen LogP contribution >= 0.6 is 12.2 Å². The Balaban J connectivity index is 2.17.